The van der Waals surface area contributed by atoms with E-state index in [1.807, 2.05) is 12.3 Å². The first-order valence-corrected chi connectivity index (χ1v) is 10.1. The summed E-state index contributed by atoms with van der Waals surface area (Å²) in [6.45, 7) is 7.01. The molecule has 0 aromatic carbocycles. The van der Waals surface area contributed by atoms with Gasteiger partial charge in [-0.15, -0.1) is 11.3 Å². The van der Waals surface area contributed by atoms with Gasteiger partial charge in [-0.3, -0.25) is 4.90 Å². The van der Waals surface area contributed by atoms with Crippen LogP contribution in [0.4, 0.5) is 0 Å². The molecule has 0 atom stereocenters. The summed E-state index contributed by atoms with van der Waals surface area (Å²) in [5, 5.41) is 2.07. The van der Waals surface area contributed by atoms with Crippen molar-refractivity contribution in [1.82, 2.24) is 24.3 Å². The van der Waals surface area contributed by atoms with Gasteiger partial charge < -0.3 is 4.40 Å². The van der Waals surface area contributed by atoms with E-state index in [2.05, 4.69) is 57.9 Å². The molecule has 0 bridgehead atoms. The Morgan fingerprint density at radius 1 is 1.15 bits per heavy atom. The third kappa shape index (κ3) is 3.05. The zero-order valence-corrected chi connectivity index (χ0v) is 16.3. The molecule has 0 unspecified atom stereocenters. The van der Waals surface area contributed by atoms with Gasteiger partial charge in [0.25, 0.3) is 0 Å². The molecular formula is C21H21N5S. The van der Waals surface area contributed by atoms with Gasteiger partial charge in [0.2, 0.25) is 0 Å². The van der Waals surface area contributed by atoms with Crippen LogP contribution in [0.15, 0.2) is 42.0 Å². The quantitative estimate of drug-likeness (QED) is 0.542. The van der Waals surface area contributed by atoms with Gasteiger partial charge in [0, 0.05) is 44.0 Å². The Labute approximate surface area is 162 Å². The van der Waals surface area contributed by atoms with Gasteiger partial charge >= 0.3 is 0 Å². The summed E-state index contributed by atoms with van der Waals surface area (Å²) in [5.41, 5.74) is 7.08. The first-order chi connectivity index (χ1) is 13.2. The molecule has 1 aliphatic heterocycles. The summed E-state index contributed by atoms with van der Waals surface area (Å²) in [5.74, 6) is 0.852. The third-order valence-corrected chi connectivity index (χ3v) is 6.06. The largest absolute Gasteiger partial charge is 0.302 e. The lowest BCUT2D eigenvalue weighted by Gasteiger charge is -2.28. The van der Waals surface area contributed by atoms with Gasteiger partial charge in [-0.2, -0.15) is 0 Å². The van der Waals surface area contributed by atoms with Gasteiger partial charge in [-0.1, -0.05) is 12.1 Å². The molecular weight excluding hydrogens is 354 g/mol. The van der Waals surface area contributed by atoms with Gasteiger partial charge in [-0.25, -0.2) is 15.0 Å². The van der Waals surface area contributed by atoms with Crippen molar-refractivity contribution in [3.05, 3.63) is 70.2 Å². The highest BCUT2D eigenvalue weighted by Gasteiger charge is 2.21. The van der Waals surface area contributed by atoms with Crippen LogP contribution in [0.5, 0.6) is 0 Å². The van der Waals surface area contributed by atoms with Crippen molar-refractivity contribution in [1.29, 1.82) is 0 Å². The number of fused-ring (bicyclic) bond motifs is 2. The molecule has 0 N–H and O–H groups in total. The SMILES string of the molecule is Cc1ccc2nc(C)c(CN3CCc4nc(-c5cccs5)ncc4C3)n2c1. The Kier molecular flexibility index (Phi) is 4.02. The molecule has 5 heterocycles. The van der Waals surface area contributed by atoms with Crippen LogP contribution in [0.3, 0.4) is 0 Å². The molecule has 0 amide bonds. The summed E-state index contributed by atoms with van der Waals surface area (Å²) in [4.78, 5) is 17.7. The number of hydrogen-bond acceptors (Lipinski definition) is 5. The molecule has 0 aliphatic carbocycles. The van der Waals surface area contributed by atoms with E-state index in [-0.39, 0.29) is 0 Å². The van der Waals surface area contributed by atoms with Crippen molar-refractivity contribution in [2.24, 2.45) is 0 Å². The van der Waals surface area contributed by atoms with E-state index >= 15 is 0 Å². The molecule has 0 fully saturated rings. The molecule has 1 aliphatic rings. The van der Waals surface area contributed by atoms with E-state index in [1.165, 1.54) is 22.5 Å². The Morgan fingerprint density at radius 3 is 2.93 bits per heavy atom. The summed E-state index contributed by atoms with van der Waals surface area (Å²) >= 11 is 1.69. The van der Waals surface area contributed by atoms with Crippen LogP contribution in [0.25, 0.3) is 16.3 Å². The molecule has 0 saturated carbocycles. The predicted molar refractivity (Wildman–Crippen MR) is 108 cm³/mol. The standard InChI is InChI=1S/C21H21N5S/c1-14-5-6-20-23-15(2)18(26(20)11-14)13-25-8-7-17-16(12-25)10-22-21(24-17)19-4-3-9-27-19/h3-6,9-11H,7-8,12-13H2,1-2H3. The summed E-state index contributed by atoms with van der Waals surface area (Å²) in [6, 6.07) is 8.34. The maximum atomic E-state index is 4.82. The summed E-state index contributed by atoms with van der Waals surface area (Å²) < 4.78 is 2.23. The minimum absolute atomic E-state index is 0.852. The molecule has 27 heavy (non-hydrogen) atoms. The Balaban J connectivity index is 1.40. The predicted octanol–water partition coefficient (Wildman–Crippen LogP) is 4.03. The van der Waals surface area contributed by atoms with Crippen molar-refractivity contribution in [2.45, 2.75) is 33.4 Å². The van der Waals surface area contributed by atoms with Gasteiger partial charge in [0.1, 0.15) is 5.65 Å². The van der Waals surface area contributed by atoms with Crippen molar-refractivity contribution in [3.8, 4) is 10.7 Å². The monoisotopic (exact) mass is 375 g/mol. The van der Waals surface area contributed by atoms with Crippen LogP contribution < -0.4 is 0 Å². The van der Waals surface area contributed by atoms with Gasteiger partial charge in [-0.05, 0) is 36.9 Å². The van der Waals surface area contributed by atoms with E-state index in [1.54, 1.807) is 11.3 Å². The van der Waals surface area contributed by atoms with Crippen molar-refractivity contribution in [3.63, 3.8) is 0 Å². The molecule has 5 rings (SSSR count). The number of imidazole rings is 1. The lowest BCUT2D eigenvalue weighted by Crippen LogP contribution is -2.31. The van der Waals surface area contributed by atoms with E-state index < -0.39 is 0 Å². The summed E-state index contributed by atoms with van der Waals surface area (Å²) in [6.07, 6.45) is 5.15. The second-order valence-corrected chi connectivity index (χ2v) is 8.13. The van der Waals surface area contributed by atoms with Crippen LogP contribution >= 0.6 is 11.3 Å². The first kappa shape index (κ1) is 16.6. The lowest BCUT2D eigenvalue weighted by molar-refractivity contribution is 0.239. The number of hydrogen-bond donors (Lipinski definition) is 0. The van der Waals surface area contributed by atoms with Gasteiger partial charge in [0.05, 0.1) is 22.0 Å². The number of rotatable bonds is 3. The van der Waals surface area contributed by atoms with Crippen molar-refractivity contribution in [2.75, 3.05) is 6.54 Å². The van der Waals surface area contributed by atoms with Crippen LogP contribution in [0.2, 0.25) is 0 Å². The maximum Gasteiger partial charge on any atom is 0.169 e. The van der Waals surface area contributed by atoms with Crippen molar-refractivity contribution < 1.29 is 0 Å². The molecule has 6 heteroatoms. The number of aromatic nitrogens is 4. The van der Waals surface area contributed by atoms with E-state index in [0.29, 0.717) is 0 Å². The fraction of sp³-hybridized carbons (Fsp3) is 0.286. The van der Waals surface area contributed by atoms with Crippen LogP contribution in [0, 0.1) is 13.8 Å². The fourth-order valence-electron chi connectivity index (χ4n) is 3.75. The Hall–Kier alpha value is -2.57. The zero-order chi connectivity index (χ0) is 18.4. The second-order valence-electron chi connectivity index (χ2n) is 7.18. The number of thiophene rings is 1. The van der Waals surface area contributed by atoms with Crippen LogP contribution in [-0.2, 0) is 19.5 Å². The second kappa shape index (κ2) is 6.55. The number of pyridine rings is 1. The molecule has 136 valence electrons. The normalized spacial score (nSPS) is 14.6. The Bertz CT molecular complexity index is 1110. The van der Waals surface area contributed by atoms with Gasteiger partial charge in [0.15, 0.2) is 5.82 Å². The topological polar surface area (TPSA) is 46.3 Å². The zero-order valence-electron chi connectivity index (χ0n) is 15.5. The van der Waals surface area contributed by atoms with E-state index in [0.717, 1.165) is 48.1 Å². The van der Waals surface area contributed by atoms with E-state index in [9.17, 15) is 0 Å². The Morgan fingerprint density at radius 2 is 2.07 bits per heavy atom. The molecule has 0 saturated heterocycles. The number of nitrogens with zero attached hydrogens (tertiary/aromatic N) is 5. The minimum Gasteiger partial charge on any atom is -0.302 e. The average Bonchev–Trinajstić information content (AvgIpc) is 3.31. The van der Waals surface area contributed by atoms with Crippen LogP contribution in [0.1, 0.15) is 28.2 Å². The number of aryl methyl sites for hydroxylation is 2. The maximum absolute atomic E-state index is 4.82. The third-order valence-electron chi connectivity index (χ3n) is 5.19. The fourth-order valence-corrected chi connectivity index (χ4v) is 4.42. The lowest BCUT2D eigenvalue weighted by atomic mass is 10.1. The minimum atomic E-state index is 0.852. The molecule has 4 aromatic heterocycles. The highest BCUT2D eigenvalue weighted by Crippen LogP contribution is 2.25. The first-order valence-electron chi connectivity index (χ1n) is 9.22. The smallest absolute Gasteiger partial charge is 0.169 e. The molecule has 4 aromatic rings. The van der Waals surface area contributed by atoms with E-state index in [4.69, 9.17) is 9.97 Å². The average molecular weight is 376 g/mol. The van der Waals surface area contributed by atoms with Crippen LogP contribution in [-0.4, -0.2) is 30.8 Å². The highest BCUT2D eigenvalue weighted by atomic mass is 32.1. The highest BCUT2D eigenvalue weighted by molar-refractivity contribution is 7.13. The van der Waals surface area contributed by atoms with Crippen molar-refractivity contribution >= 4 is 17.0 Å². The molecule has 0 radical (unpaired) electrons. The molecule has 5 nitrogen and oxygen atoms in total. The molecule has 0 spiro atoms. The summed E-state index contributed by atoms with van der Waals surface area (Å²) in [7, 11) is 0.